The summed E-state index contributed by atoms with van der Waals surface area (Å²) in [7, 11) is 4.17. The zero-order valence-electron chi connectivity index (χ0n) is 9.17. The second-order valence-corrected chi connectivity index (χ2v) is 4.23. The lowest BCUT2D eigenvalue weighted by molar-refractivity contribution is 0.382. The number of nitrogens with zero attached hydrogens (tertiary/aromatic N) is 1. The zero-order valence-corrected chi connectivity index (χ0v) is 9.17. The van der Waals surface area contributed by atoms with E-state index in [2.05, 4.69) is 49.4 Å². The molecule has 1 aromatic rings. The molecule has 0 amide bonds. The molecule has 1 aromatic carbocycles. The summed E-state index contributed by atoms with van der Waals surface area (Å²) in [6.07, 6.45) is 1.28. The van der Waals surface area contributed by atoms with Gasteiger partial charge in [0.25, 0.3) is 0 Å². The fourth-order valence-electron chi connectivity index (χ4n) is 1.84. The predicted octanol–water partition coefficient (Wildman–Crippen LogP) is 2.10. The van der Waals surface area contributed by atoms with Gasteiger partial charge in [-0.3, -0.25) is 0 Å². The Morgan fingerprint density at radius 1 is 1.36 bits per heavy atom. The first kappa shape index (κ1) is 9.53. The fourth-order valence-corrected chi connectivity index (χ4v) is 1.84. The van der Waals surface area contributed by atoms with Crippen molar-refractivity contribution in [3.05, 3.63) is 29.3 Å². The summed E-state index contributed by atoms with van der Waals surface area (Å²) >= 11 is 0. The van der Waals surface area contributed by atoms with E-state index in [9.17, 15) is 0 Å². The fraction of sp³-hybridized carbons (Fsp3) is 0.500. The number of hydrogen-bond donors (Lipinski definition) is 1. The maximum Gasteiger partial charge on any atom is 0.0364 e. The van der Waals surface area contributed by atoms with Crippen LogP contribution in [0.25, 0.3) is 0 Å². The molecule has 1 N–H and O–H groups in total. The molecule has 0 aromatic heterocycles. The molecule has 0 saturated carbocycles. The van der Waals surface area contributed by atoms with Crippen molar-refractivity contribution in [1.29, 1.82) is 0 Å². The van der Waals surface area contributed by atoms with Gasteiger partial charge < -0.3 is 10.2 Å². The molecule has 0 spiro atoms. The van der Waals surface area contributed by atoms with Gasteiger partial charge in [0.05, 0.1) is 0 Å². The molecule has 76 valence electrons. The lowest BCUT2D eigenvalue weighted by Crippen LogP contribution is -2.35. The maximum atomic E-state index is 3.45. The smallest absolute Gasteiger partial charge is 0.0364 e. The number of anilines is 1. The van der Waals surface area contributed by atoms with Gasteiger partial charge in [-0.25, -0.2) is 0 Å². The summed E-state index contributed by atoms with van der Waals surface area (Å²) in [5.74, 6) is 0. The molecule has 0 radical (unpaired) electrons. The van der Waals surface area contributed by atoms with Crippen LogP contribution in [-0.4, -0.2) is 20.6 Å². The first-order valence-electron chi connectivity index (χ1n) is 5.20. The lowest BCUT2D eigenvalue weighted by atomic mass is 9.93. The van der Waals surface area contributed by atoms with Crippen LogP contribution in [0, 0.1) is 6.92 Å². The average molecular weight is 190 g/mol. The molecule has 0 aliphatic carbocycles. The number of hydrogen-bond acceptors (Lipinski definition) is 2. The molecule has 1 aliphatic rings. The number of benzene rings is 1. The highest BCUT2D eigenvalue weighted by Gasteiger charge is 2.20. The van der Waals surface area contributed by atoms with Gasteiger partial charge in [-0.1, -0.05) is 6.07 Å². The Labute approximate surface area is 85.9 Å². The summed E-state index contributed by atoms with van der Waals surface area (Å²) in [5.41, 5.74) is 4.15. The molecule has 1 aliphatic heterocycles. The third kappa shape index (κ3) is 1.62. The summed E-state index contributed by atoms with van der Waals surface area (Å²) in [5, 5.41) is 3.45. The molecule has 0 bridgehead atoms. The van der Waals surface area contributed by atoms with Crippen molar-refractivity contribution >= 4 is 5.69 Å². The van der Waals surface area contributed by atoms with E-state index >= 15 is 0 Å². The van der Waals surface area contributed by atoms with Gasteiger partial charge in [0.15, 0.2) is 0 Å². The van der Waals surface area contributed by atoms with Crippen LogP contribution in [0.4, 0.5) is 5.69 Å². The first-order chi connectivity index (χ1) is 6.68. The van der Waals surface area contributed by atoms with Gasteiger partial charge >= 0.3 is 0 Å². The maximum absolute atomic E-state index is 3.45. The zero-order chi connectivity index (χ0) is 10.1. The Balaban J connectivity index is 2.31. The molecule has 1 heterocycles. The van der Waals surface area contributed by atoms with Gasteiger partial charge in [-0.15, -0.1) is 0 Å². The SMILES string of the molecule is Cc1ccc(N(C)C)cc1[C@H]1CCN1. The van der Waals surface area contributed by atoms with E-state index in [0.717, 1.165) is 6.54 Å². The standard InChI is InChI=1S/C12H18N2/c1-9-4-5-10(14(2)3)8-11(9)12-6-7-13-12/h4-5,8,12-13H,6-7H2,1-3H3/t12-/m1/s1. The molecule has 2 heteroatoms. The van der Waals surface area contributed by atoms with Crippen molar-refractivity contribution in [2.45, 2.75) is 19.4 Å². The topological polar surface area (TPSA) is 15.3 Å². The Hall–Kier alpha value is -1.02. The molecule has 2 rings (SSSR count). The van der Waals surface area contributed by atoms with Crippen molar-refractivity contribution in [3.8, 4) is 0 Å². The highest BCUT2D eigenvalue weighted by molar-refractivity contribution is 5.50. The molecule has 1 fully saturated rings. The van der Waals surface area contributed by atoms with Crippen LogP contribution in [0.15, 0.2) is 18.2 Å². The Morgan fingerprint density at radius 2 is 2.07 bits per heavy atom. The van der Waals surface area contributed by atoms with Crippen molar-refractivity contribution in [3.63, 3.8) is 0 Å². The van der Waals surface area contributed by atoms with Crippen LogP contribution >= 0.6 is 0 Å². The quantitative estimate of drug-likeness (QED) is 0.768. The van der Waals surface area contributed by atoms with Crippen LogP contribution in [0.5, 0.6) is 0 Å². The summed E-state index contributed by atoms with van der Waals surface area (Å²) in [6, 6.07) is 7.28. The molecule has 0 unspecified atom stereocenters. The Bertz CT molecular complexity index is 327. The molecule has 2 nitrogen and oxygen atoms in total. The van der Waals surface area contributed by atoms with E-state index in [0.29, 0.717) is 6.04 Å². The van der Waals surface area contributed by atoms with E-state index in [1.165, 1.54) is 23.2 Å². The second kappa shape index (κ2) is 3.62. The molecular weight excluding hydrogens is 172 g/mol. The van der Waals surface area contributed by atoms with Crippen molar-refractivity contribution in [1.82, 2.24) is 5.32 Å². The van der Waals surface area contributed by atoms with Crippen LogP contribution < -0.4 is 10.2 Å². The van der Waals surface area contributed by atoms with Crippen molar-refractivity contribution in [2.75, 3.05) is 25.5 Å². The third-order valence-electron chi connectivity index (χ3n) is 2.98. The van der Waals surface area contributed by atoms with Crippen LogP contribution in [0.1, 0.15) is 23.6 Å². The largest absolute Gasteiger partial charge is 0.378 e. The normalized spacial score (nSPS) is 20.4. The summed E-state index contributed by atoms with van der Waals surface area (Å²) < 4.78 is 0. The molecular formula is C12H18N2. The van der Waals surface area contributed by atoms with E-state index in [4.69, 9.17) is 0 Å². The Morgan fingerprint density at radius 3 is 2.57 bits per heavy atom. The average Bonchev–Trinajstić information content (AvgIpc) is 2.05. The number of nitrogens with one attached hydrogen (secondary N) is 1. The highest BCUT2D eigenvalue weighted by atomic mass is 15.1. The van der Waals surface area contributed by atoms with Gasteiger partial charge in [0, 0.05) is 25.8 Å². The van der Waals surface area contributed by atoms with E-state index < -0.39 is 0 Å². The monoisotopic (exact) mass is 190 g/mol. The predicted molar refractivity (Wildman–Crippen MR) is 60.9 cm³/mol. The van der Waals surface area contributed by atoms with Gasteiger partial charge in [0.1, 0.15) is 0 Å². The van der Waals surface area contributed by atoms with Gasteiger partial charge in [-0.05, 0) is 43.1 Å². The lowest BCUT2D eigenvalue weighted by Gasteiger charge is -2.30. The molecule has 1 atom stereocenters. The van der Waals surface area contributed by atoms with E-state index in [1.54, 1.807) is 0 Å². The van der Waals surface area contributed by atoms with Crippen molar-refractivity contribution < 1.29 is 0 Å². The minimum absolute atomic E-state index is 0.592. The van der Waals surface area contributed by atoms with E-state index in [-0.39, 0.29) is 0 Å². The molecule has 1 saturated heterocycles. The van der Waals surface area contributed by atoms with Crippen LogP contribution in [-0.2, 0) is 0 Å². The van der Waals surface area contributed by atoms with Crippen LogP contribution in [0.3, 0.4) is 0 Å². The summed E-state index contributed by atoms with van der Waals surface area (Å²) in [6.45, 7) is 3.35. The number of aryl methyl sites for hydroxylation is 1. The number of rotatable bonds is 2. The third-order valence-corrected chi connectivity index (χ3v) is 2.98. The van der Waals surface area contributed by atoms with Crippen LogP contribution in [0.2, 0.25) is 0 Å². The van der Waals surface area contributed by atoms with E-state index in [1.807, 2.05) is 0 Å². The second-order valence-electron chi connectivity index (χ2n) is 4.23. The Kier molecular flexibility index (Phi) is 2.46. The minimum Gasteiger partial charge on any atom is -0.378 e. The van der Waals surface area contributed by atoms with Gasteiger partial charge in [-0.2, -0.15) is 0 Å². The molecule has 14 heavy (non-hydrogen) atoms. The first-order valence-corrected chi connectivity index (χ1v) is 5.20. The van der Waals surface area contributed by atoms with Gasteiger partial charge in [0.2, 0.25) is 0 Å². The highest BCUT2D eigenvalue weighted by Crippen LogP contribution is 2.28. The summed E-state index contributed by atoms with van der Waals surface area (Å²) in [4.78, 5) is 2.15. The minimum atomic E-state index is 0.592. The van der Waals surface area contributed by atoms with Crippen molar-refractivity contribution in [2.24, 2.45) is 0 Å².